The molecule has 1 aliphatic heterocycles. The maximum atomic E-state index is 10.6. The van der Waals surface area contributed by atoms with Crippen LogP contribution in [-0.2, 0) is 4.79 Å². The van der Waals surface area contributed by atoms with Gasteiger partial charge in [0, 0.05) is 18.7 Å². The summed E-state index contributed by atoms with van der Waals surface area (Å²) in [4.78, 5) is 10.6. The van der Waals surface area contributed by atoms with Gasteiger partial charge in [-0.1, -0.05) is 18.2 Å². The SMILES string of the molecule is C=CCC1CNC2=CCCC=C2C1CCC=O. The molecule has 0 aromatic heterocycles. The Morgan fingerprint density at radius 1 is 1.41 bits per heavy atom. The molecular weight excluding hydrogens is 210 g/mol. The van der Waals surface area contributed by atoms with E-state index in [9.17, 15) is 4.79 Å². The lowest BCUT2D eigenvalue weighted by Gasteiger charge is -2.37. The first-order valence-corrected chi connectivity index (χ1v) is 6.55. The summed E-state index contributed by atoms with van der Waals surface area (Å²) in [6, 6.07) is 0. The molecule has 0 saturated carbocycles. The summed E-state index contributed by atoms with van der Waals surface area (Å²) in [6.45, 7) is 4.85. The molecular formula is C15H21NO. The van der Waals surface area contributed by atoms with Gasteiger partial charge >= 0.3 is 0 Å². The Labute approximate surface area is 103 Å². The van der Waals surface area contributed by atoms with E-state index < -0.39 is 0 Å². The van der Waals surface area contributed by atoms with Gasteiger partial charge in [0.15, 0.2) is 0 Å². The highest BCUT2D eigenvalue weighted by Gasteiger charge is 2.30. The number of allylic oxidation sites excluding steroid dienone is 4. The molecule has 1 heterocycles. The Balaban J connectivity index is 2.15. The quantitative estimate of drug-likeness (QED) is 0.582. The predicted octanol–water partition coefficient (Wildman–Crippen LogP) is 2.98. The first-order valence-electron chi connectivity index (χ1n) is 6.55. The van der Waals surface area contributed by atoms with E-state index in [1.54, 1.807) is 0 Å². The standard InChI is InChI=1S/C15H21NO/c1-2-6-12-11-16-15-9-4-3-7-14(15)13(12)8-5-10-17/h2,7,9-10,12-13,16H,1,3-6,8,11H2. The third-order valence-corrected chi connectivity index (χ3v) is 3.78. The smallest absolute Gasteiger partial charge is 0.120 e. The van der Waals surface area contributed by atoms with Crippen LogP contribution in [0.5, 0.6) is 0 Å². The van der Waals surface area contributed by atoms with Gasteiger partial charge in [0.1, 0.15) is 6.29 Å². The van der Waals surface area contributed by atoms with E-state index >= 15 is 0 Å². The normalized spacial score (nSPS) is 27.3. The van der Waals surface area contributed by atoms with Crippen LogP contribution in [0, 0.1) is 11.8 Å². The molecule has 2 unspecified atom stereocenters. The van der Waals surface area contributed by atoms with Crippen LogP contribution in [0.25, 0.3) is 0 Å². The second-order valence-corrected chi connectivity index (χ2v) is 4.87. The number of nitrogens with one attached hydrogen (secondary N) is 1. The van der Waals surface area contributed by atoms with Gasteiger partial charge in [0.25, 0.3) is 0 Å². The zero-order chi connectivity index (χ0) is 12.1. The summed E-state index contributed by atoms with van der Waals surface area (Å²) in [7, 11) is 0. The fraction of sp³-hybridized carbons (Fsp3) is 0.533. The van der Waals surface area contributed by atoms with Crippen molar-refractivity contribution in [3.05, 3.63) is 36.1 Å². The third-order valence-electron chi connectivity index (χ3n) is 3.78. The molecule has 2 rings (SSSR count). The lowest BCUT2D eigenvalue weighted by Crippen LogP contribution is -2.37. The van der Waals surface area contributed by atoms with Gasteiger partial charge in [-0.15, -0.1) is 6.58 Å². The van der Waals surface area contributed by atoms with E-state index in [0.717, 1.165) is 38.5 Å². The van der Waals surface area contributed by atoms with Gasteiger partial charge < -0.3 is 10.1 Å². The largest absolute Gasteiger partial charge is 0.385 e. The first kappa shape index (κ1) is 12.2. The van der Waals surface area contributed by atoms with E-state index in [4.69, 9.17) is 0 Å². The summed E-state index contributed by atoms with van der Waals surface area (Å²) in [5.41, 5.74) is 2.75. The van der Waals surface area contributed by atoms with Gasteiger partial charge in [0.05, 0.1) is 0 Å². The van der Waals surface area contributed by atoms with Crippen LogP contribution in [-0.4, -0.2) is 12.8 Å². The van der Waals surface area contributed by atoms with Crippen molar-refractivity contribution in [1.29, 1.82) is 0 Å². The molecule has 0 aromatic carbocycles. The number of piperidine rings is 1. The topological polar surface area (TPSA) is 29.1 Å². The number of rotatable bonds is 5. The third kappa shape index (κ3) is 2.68. The molecule has 92 valence electrons. The molecule has 0 aromatic rings. The fourth-order valence-corrected chi connectivity index (χ4v) is 2.96. The maximum absolute atomic E-state index is 10.6. The lowest BCUT2D eigenvalue weighted by molar-refractivity contribution is -0.108. The summed E-state index contributed by atoms with van der Waals surface area (Å²) in [6.07, 6.45) is 12.6. The molecule has 2 atom stereocenters. The molecule has 2 aliphatic rings. The van der Waals surface area contributed by atoms with E-state index in [0.29, 0.717) is 18.3 Å². The fourth-order valence-electron chi connectivity index (χ4n) is 2.96. The van der Waals surface area contributed by atoms with Gasteiger partial charge in [-0.3, -0.25) is 0 Å². The summed E-state index contributed by atoms with van der Waals surface area (Å²) < 4.78 is 0. The Bertz CT molecular complexity index is 354. The molecule has 1 aliphatic carbocycles. The summed E-state index contributed by atoms with van der Waals surface area (Å²) in [5, 5.41) is 3.52. The molecule has 1 fully saturated rings. The average Bonchev–Trinajstić information content (AvgIpc) is 2.37. The van der Waals surface area contributed by atoms with E-state index in [2.05, 4.69) is 24.0 Å². The number of hydrogen-bond acceptors (Lipinski definition) is 2. The number of hydrogen-bond donors (Lipinski definition) is 1. The summed E-state index contributed by atoms with van der Waals surface area (Å²) >= 11 is 0. The van der Waals surface area contributed by atoms with Crippen molar-refractivity contribution >= 4 is 6.29 Å². The van der Waals surface area contributed by atoms with E-state index in [1.165, 1.54) is 11.3 Å². The Hall–Kier alpha value is -1.31. The highest BCUT2D eigenvalue weighted by atomic mass is 16.1. The molecule has 2 heteroatoms. The molecule has 0 amide bonds. The van der Waals surface area contributed by atoms with Crippen LogP contribution in [0.1, 0.15) is 32.1 Å². The van der Waals surface area contributed by atoms with Crippen molar-refractivity contribution in [3.63, 3.8) is 0 Å². The Morgan fingerprint density at radius 2 is 2.24 bits per heavy atom. The second kappa shape index (κ2) is 5.85. The van der Waals surface area contributed by atoms with E-state index in [1.807, 2.05) is 6.08 Å². The van der Waals surface area contributed by atoms with Gasteiger partial charge in [0.2, 0.25) is 0 Å². The number of carbonyl (C=O) groups is 1. The Morgan fingerprint density at radius 3 is 3.00 bits per heavy atom. The lowest BCUT2D eigenvalue weighted by atomic mass is 9.75. The first-order chi connectivity index (χ1) is 8.36. The highest BCUT2D eigenvalue weighted by Crippen LogP contribution is 2.37. The molecule has 17 heavy (non-hydrogen) atoms. The highest BCUT2D eigenvalue weighted by molar-refractivity contribution is 5.49. The van der Waals surface area contributed by atoms with Gasteiger partial charge in [-0.2, -0.15) is 0 Å². The number of aldehydes is 1. The maximum Gasteiger partial charge on any atom is 0.120 e. The van der Waals surface area contributed by atoms with Crippen molar-refractivity contribution in [2.45, 2.75) is 32.1 Å². The number of fused-ring (bicyclic) bond motifs is 1. The van der Waals surface area contributed by atoms with Gasteiger partial charge in [-0.25, -0.2) is 0 Å². The van der Waals surface area contributed by atoms with Crippen molar-refractivity contribution in [1.82, 2.24) is 5.32 Å². The minimum Gasteiger partial charge on any atom is -0.385 e. The monoisotopic (exact) mass is 231 g/mol. The average molecular weight is 231 g/mol. The van der Waals surface area contributed by atoms with Crippen LogP contribution in [0.2, 0.25) is 0 Å². The second-order valence-electron chi connectivity index (χ2n) is 4.87. The molecule has 2 nitrogen and oxygen atoms in total. The summed E-state index contributed by atoms with van der Waals surface area (Å²) in [5.74, 6) is 1.12. The van der Waals surface area contributed by atoms with Gasteiger partial charge in [-0.05, 0) is 43.1 Å². The Kier molecular flexibility index (Phi) is 4.18. The number of carbonyl (C=O) groups excluding carboxylic acids is 1. The molecule has 0 radical (unpaired) electrons. The molecule has 0 spiro atoms. The minimum absolute atomic E-state index is 0.533. The zero-order valence-electron chi connectivity index (χ0n) is 10.3. The van der Waals surface area contributed by atoms with E-state index in [-0.39, 0.29) is 0 Å². The van der Waals surface area contributed by atoms with Crippen molar-refractivity contribution < 1.29 is 4.79 Å². The van der Waals surface area contributed by atoms with Crippen molar-refractivity contribution in [2.24, 2.45) is 11.8 Å². The van der Waals surface area contributed by atoms with Crippen LogP contribution in [0.4, 0.5) is 0 Å². The molecule has 1 N–H and O–H groups in total. The van der Waals surface area contributed by atoms with Crippen molar-refractivity contribution in [2.75, 3.05) is 6.54 Å². The molecule has 0 bridgehead atoms. The van der Waals surface area contributed by atoms with Crippen LogP contribution >= 0.6 is 0 Å². The molecule has 1 saturated heterocycles. The predicted molar refractivity (Wildman–Crippen MR) is 70.5 cm³/mol. The minimum atomic E-state index is 0.533. The van der Waals surface area contributed by atoms with Crippen molar-refractivity contribution in [3.8, 4) is 0 Å². The van der Waals surface area contributed by atoms with Crippen LogP contribution in [0.3, 0.4) is 0 Å². The van der Waals surface area contributed by atoms with Crippen LogP contribution < -0.4 is 5.32 Å². The zero-order valence-corrected chi connectivity index (χ0v) is 10.3. The van der Waals surface area contributed by atoms with Crippen LogP contribution in [0.15, 0.2) is 36.1 Å².